The van der Waals surface area contributed by atoms with Gasteiger partial charge in [-0.2, -0.15) is 0 Å². The molecule has 0 amide bonds. The van der Waals surface area contributed by atoms with Crippen LogP contribution in [0, 0.1) is 5.41 Å². The van der Waals surface area contributed by atoms with Gasteiger partial charge in [0.2, 0.25) is 0 Å². The molecule has 3 saturated heterocycles. The van der Waals surface area contributed by atoms with Crippen LogP contribution in [0.4, 0.5) is 0 Å². The van der Waals surface area contributed by atoms with E-state index in [-0.39, 0.29) is 0 Å². The Morgan fingerprint density at radius 2 is 1.70 bits per heavy atom. The first-order valence-electron chi connectivity index (χ1n) is 3.54. The fourth-order valence-corrected chi connectivity index (χ4v) is 21.1. The van der Waals surface area contributed by atoms with Crippen molar-refractivity contribution in [2.24, 2.45) is 5.41 Å². The van der Waals surface area contributed by atoms with E-state index in [1.807, 2.05) is 0 Å². The first kappa shape index (κ1) is 8.22. The molecule has 0 aromatic rings. The van der Waals surface area contributed by atoms with E-state index in [9.17, 15) is 0 Å². The van der Waals surface area contributed by atoms with Crippen LogP contribution in [0.3, 0.4) is 0 Å². The normalized spacial score (nSPS) is 45.9. The van der Waals surface area contributed by atoms with Gasteiger partial charge in [0.25, 0.3) is 0 Å². The molecule has 58 valence electrons. The zero-order valence-corrected chi connectivity index (χ0v) is 10.3. The van der Waals surface area contributed by atoms with Crippen LogP contribution < -0.4 is 0 Å². The quantitative estimate of drug-likeness (QED) is 0.660. The summed E-state index contributed by atoms with van der Waals surface area (Å²) in [5, 5.41) is 0. The molecule has 0 aromatic carbocycles. The van der Waals surface area contributed by atoms with Gasteiger partial charge in [-0.15, -0.1) is 0 Å². The summed E-state index contributed by atoms with van der Waals surface area (Å²) in [5.74, 6) is 4.47. The van der Waals surface area contributed by atoms with Gasteiger partial charge in [-0.3, -0.25) is 0 Å². The van der Waals surface area contributed by atoms with Crippen molar-refractivity contribution in [3.05, 3.63) is 0 Å². The molecular weight excluding hydrogens is 243 g/mol. The maximum atomic E-state index is 2.36. The molecule has 3 heterocycles. The predicted molar refractivity (Wildman–Crippen MR) is 55.9 cm³/mol. The average molecular weight is 254 g/mol. The maximum absolute atomic E-state index is 2.36. The van der Waals surface area contributed by atoms with E-state index < -0.39 is 11.2 Å². The van der Waals surface area contributed by atoms with Gasteiger partial charge >= 0.3 is 77.3 Å². The van der Waals surface area contributed by atoms with Crippen LogP contribution in [-0.4, -0.2) is 28.4 Å². The Balaban J connectivity index is 2.08. The van der Waals surface area contributed by atoms with Crippen molar-refractivity contribution in [2.75, 3.05) is 17.3 Å². The summed E-state index contributed by atoms with van der Waals surface area (Å²) in [5.41, 5.74) is 0.753. The molecule has 0 aromatic heterocycles. The van der Waals surface area contributed by atoms with Crippen LogP contribution >= 0.6 is 30.1 Å². The van der Waals surface area contributed by atoms with Gasteiger partial charge in [-0.25, -0.2) is 0 Å². The van der Waals surface area contributed by atoms with Gasteiger partial charge < -0.3 is 0 Å². The molecule has 0 atom stereocenters. The van der Waals surface area contributed by atoms with Crippen LogP contribution in [0.1, 0.15) is 13.3 Å². The van der Waals surface area contributed by atoms with Crippen molar-refractivity contribution in [3.8, 4) is 0 Å². The van der Waals surface area contributed by atoms with Crippen molar-refractivity contribution in [1.29, 1.82) is 0 Å². The second kappa shape index (κ2) is 3.16. The zero-order chi connectivity index (χ0) is 7.03. The number of fused-ring (bicyclic) bond motifs is 3. The minimum absolute atomic E-state index is 0.408. The monoisotopic (exact) mass is 254 g/mol. The molecule has 0 nitrogen and oxygen atoms in total. The number of hydrogen-bond acceptors (Lipinski definition) is 3. The summed E-state index contributed by atoms with van der Waals surface area (Å²) in [6, 6.07) is 0. The Morgan fingerprint density at radius 3 is 2.00 bits per heavy atom. The number of rotatable bonds is 1. The van der Waals surface area contributed by atoms with Crippen molar-refractivity contribution in [3.63, 3.8) is 0 Å². The second-order valence-electron chi connectivity index (χ2n) is 2.90. The predicted octanol–water partition coefficient (Wildman–Crippen LogP) is 2.59. The SMILES string of the molecule is CCC12CS[As](SC1)SC2. The molecule has 3 fully saturated rings. The van der Waals surface area contributed by atoms with Crippen molar-refractivity contribution < 1.29 is 0 Å². The zero-order valence-electron chi connectivity index (χ0n) is 6.00. The van der Waals surface area contributed by atoms with E-state index >= 15 is 0 Å². The Bertz CT molecular complexity index is 117. The second-order valence-corrected chi connectivity index (χ2v) is 19.6. The standard InChI is InChI=1S/C6H11AsS3/c1-2-6-3-8-7(9-4-6)10-5-6/h2-5H2,1H3. The van der Waals surface area contributed by atoms with E-state index in [1.54, 1.807) is 0 Å². The first-order chi connectivity index (χ1) is 4.85. The van der Waals surface area contributed by atoms with Crippen molar-refractivity contribution in [2.45, 2.75) is 13.3 Å². The molecule has 4 heteroatoms. The minimum atomic E-state index is -0.408. The van der Waals surface area contributed by atoms with Gasteiger partial charge in [-0.05, 0) is 0 Å². The summed E-state index contributed by atoms with van der Waals surface area (Å²) in [7, 11) is 6.92. The fraction of sp³-hybridized carbons (Fsp3) is 1.00. The molecule has 3 rings (SSSR count). The summed E-state index contributed by atoms with van der Waals surface area (Å²) in [4.78, 5) is 0. The van der Waals surface area contributed by atoms with Gasteiger partial charge in [0.15, 0.2) is 0 Å². The molecule has 0 radical (unpaired) electrons. The van der Waals surface area contributed by atoms with E-state index in [1.165, 1.54) is 23.7 Å². The Hall–Kier alpha value is 1.61. The molecule has 0 spiro atoms. The third-order valence-corrected chi connectivity index (χ3v) is 21.3. The molecule has 3 aliphatic rings. The molecule has 0 N–H and O–H groups in total. The summed E-state index contributed by atoms with van der Waals surface area (Å²) < 4.78 is 0. The topological polar surface area (TPSA) is 0 Å². The Morgan fingerprint density at radius 1 is 1.20 bits per heavy atom. The van der Waals surface area contributed by atoms with E-state index in [4.69, 9.17) is 0 Å². The van der Waals surface area contributed by atoms with E-state index in [0.29, 0.717) is 0 Å². The molecule has 10 heavy (non-hydrogen) atoms. The van der Waals surface area contributed by atoms with Crippen LogP contribution in [0.25, 0.3) is 0 Å². The van der Waals surface area contributed by atoms with Crippen LogP contribution in [-0.2, 0) is 0 Å². The van der Waals surface area contributed by atoms with Gasteiger partial charge in [-0.1, -0.05) is 0 Å². The van der Waals surface area contributed by atoms with Gasteiger partial charge in [0.1, 0.15) is 0 Å². The van der Waals surface area contributed by atoms with Crippen molar-refractivity contribution >= 4 is 41.3 Å². The molecule has 2 bridgehead atoms. The molecule has 0 saturated carbocycles. The van der Waals surface area contributed by atoms with Gasteiger partial charge in [0, 0.05) is 0 Å². The first-order valence-corrected chi connectivity index (χ1v) is 13.3. The molecular formula is C6H11AsS3. The summed E-state index contributed by atoms with van der Waals surface area (Å²) in [6.07, 6.45) is 1.40. The van der Waals surface area contributed by atoms with E-state index in [2.05, 4.69) is 37.0 Å². The van der Waals surface area contributed by atoms with Crippen LogP contribution in [0.2, 0.25) is 0 Å². The molecule has 0 aliphatic carbocycles. The summed E-state index contributed by atoms with van der Waals surface area (Å²) >= 11 is -0.408. The third-order valence-electron chi connectivity index (χ3n) is 2.18. The number of hydrogen-bond donors (Lipinski definition) is 0. The van der Waals surface area contributed by atoms with Crippen LogP contribution in [0.5, 0.6) is 0 Å². The fourth-order valence-electron chi connectivity index (χ4n) is 1.11. The van der Waals surface area contributed by atoms with Crippen LogP contribution in [0.15, 0.2) is 0 Å². The third kappa shape index (κ3) is 1.39. The van der Waals surface area contributed by atoms with Crippen molar-refractivity contribution in [1.82, 2.24) is 0 Å². The van der Waals surface area contributed by atoms with Gasteiger partial charge in [0.05, 0.1) is 0 Å². The Labute approximate surface area is 76.9 Å². The molecule has 0 unspecified atom stereocenters. The summed E-state index contributed by atoms with van der Waals surface area (Å²) in [6.45, 7) is 2.36. The van der Waals surface area contributed by atoms with E-state index in [0.717, 1.165) is 5.41 Å². The molecule has 3 aliphatic heterocycles. The average Bonchev–Trinajstić information content (AvgIpc) is 2.08. The Kier molecular flexibility index (Phi) is 2.60.